The zero-order valence-electron chi connectivity index (χ0n) is 11.6. The predicted molar refractivity (Wildman–Crippen MR) is 72.2 cm³/mol. The van der Waals surface area contributed by atoms with Gasteiger partial charge in [-0.3, -0.25) is 4.79 Å². The molecule has 0 fully saturated rings. The van der Waals surface area contributed by atoms with E-state index in [1.54, 1.807) is 30.3 Å². The fraction of sp³-hybridized carbons (Fsp3) is 0.188. The maximum absolute atomic E-state index is 14.1. The summed E-state index contributed by atoms with van der Waals surface area (Å²) in [6, 6.07) is 10.6. The summed E-state index contributed by atoms with van der Waals surface area (Å²) < 4.78 is 58.1. The van der Waals surface area contributed by atoms with Crippen molar-refractivity contribution in [1.82, 2.24) is 0 Å². The van der Waals surface area contributed by atoms with Gasteiger partial charge < -0.3 is 4.74 Å². The van der Waals surface area contributed by atoms with E-state index in [1.807, 2.05) is 0 Å². The first-order valence-electron chi connectivity index (χ1n) is 6.38. The van der Waals surface area contributed by atoms with E-state index in [0.29, 0.717) is 5.56 Å². The molecule has 0 unspecified atom stereocenters. The van der Waals surface area contributed by atoms with Gasteiger partial charge in [-0.05, 0) is 24.6 Å². The highest BCUT2D eigenvalue weighted by Crippen LogP contribution is 2.38. The molecular formula is C16H12F4O2. The molecule has 0 aliphatic carbocycles. The normalized spacial score (nSPS) is 11.3. The molecule has 0 saturated heterocycles. The van der Waals surface area contributed by atoms with Crippen LogP contribution in [0.3, 0.4) is 0 Å². The van der Waals surface area contributed by atoms with Gasteiger partial charge in [-0.15, -0.1) is 0 Å². The molecule has 22 heavy (non-hydrogen) atoms. The van der Waals surface area contributed by atoms with Crippen molar-refractivity contribution >= 4 is 5.78 Å². The average Bonchev–Trinajstić information content (AvgIpc) is 2.45. The molecule has 0 atom stereocenters. The zero-order valence-corrected chi connectivity index (χ0v) is 11.6. The van der Waals surface area contributed by atoms with E-state index >= 15 is 0 Å². The van der Waals surface area contributed by atoms with Gasteiger partial charge >= 0.3 is 6.18 Å². The number of benzene rings is 2. The summed E-state index contributed by atoms with van der Waals surface area (Å²) in [6.45, 7) is 0.878. The summed E-state index contributed by atoms with van der Waals surface area (Å²) >= 11 is 0. The van der Waals surface area contributed by atoms with Crippen LogP contribution in [0, 0.1) is 5.82 Å². The van der Waals surface area contributed by atoms with Crippen LogP contribution in [0.1, 0.15) is 28.4 Å². The quantitative estimate of drug-likeness (QED) is 0.608. The first-order valence-corrected chi connectivity index (χ1v) is 6.38. The van der Waals surface area contributed by atoms with Gasteiger partial charge in [0, 0.05) is 5.56 Å². The van der Waals surface area contributed by atoms with Gasteiger partial charge in [-0.1, -0.05) is 30.3 Å². The minimum Gasteiger partial charge on any atom is -0.486 e. The van der Waals surface area contributed by atoms with E-state index in [1.165, 1.54) is 0 Å². The van der Waals surface area contributed by atoms with Crippen molar-refractivity contribution in [3.8, 4) is 5.75 Å². The first-order chi connectivity index (χ1) is 10.3. The van der Waals surface area contributed by atoms with Crippen LogP contribution in [0.4, 0.5) is 17.6 Å². The predicted octanol–water partition coefficient (Wildman–Crippen LogP) is 4.63. The number of carbonyl (C=O) groups excluding carboxylic acids is 1. The van der Waals surface area contributed by atoms with Crippen LogP contribution in [-0.2, 0) is 12.8 Å². The molecule has 0 spiro atoms. The van der Waals surface area contributed by atoms with Gasteiger partial charge in [0.05, 0.1) is 0 Å². The van der Waals surface area contributed by atoms with Crippen LogP contribution in [0.2, 0.25) is 0 Å². The lowest BCUT2D eigenvalue weighted by atomic mass is 10.0. The van der Waals surface area contributed by atoms with Crippen molar-refractivity contribution < 1.29 is 27.1 Å². The molecule has 0 aliphatic heterocycles. The largest absolute Gasteiger partial charge is 0.486 e. The Kier molecular flexibility index (Phi) is 4.49. The molecule has 2 aromatic carbocycles. The lowest BCUT2D eigenvalue weighted by Crippen LogP contribution is -2.15. The monoisotopic (exact) mass is 312 g/mol. The van der Waals surface area contributed by atoms with Crippen LogP contribution in [-0.4, -0.2) is 5.78 Å². The van der Waals surface area contributed by atoms with Crippen molar-refractivity contribution in [3.63, 3.8) is 0 Å². The summed E-state index contributed by atoms with van der Waals surface area (Å²) in [5.41, 5.74) is -1.62. The van der Waals surface area contributed by atoms with Crippen LogP contribution in [0.15, 0.2) is 42.5 Å². The Balaban J connectivity index is 2.36. The zero-order chi connectivity index (χ0) is 16.3. The van der Waals surface area contributed by atoms with E-state index in [9.17, 15) is 22.4 Å². The summed E-state index contributed by atoms with van der Waals surface area (Å²) in [6.07, 6.45) is -4.97. The van der Waals surface area contributed by atoms with Crippen LogP contribution in [0.25, 0.3) is 0 Å². The molecular weight excluding hydrogens is 300 g/mol. The van der Waals surface area contributed by atoms with Crippen LogP contribution < -0.4 is 4.74 Å². The Hall–Kier alpha value is -2.37. The molecule has 0 N–H and O–H groups in total. The number of rotatable bonds is 4. The SMILES string of the molecule is CC(=O)c1ccc(OCc2ccccc2)c(F)c1C(F)(F)F. The van der Waals surface area contributed by atoms with E-state index in [-0.39, 0.29) is 6.61 Å². The van der Waals surface area contributed by atoms with Crippen molar-refractivity contribution in [2.75, 3.05) is 0 Å². The lowest BCUT2D eigenvalue weighted by molar-refractivity contribution is -0.140. The second kappa shape index (κ2) is 6.17. The van der Waals surface area contributed by atoms with Gasteiger partial charge in [0.15, 0.2) is 17.3 Å². The minimum atomic E-state index is -4.97. The molecule has 2 rings (SSSR count). The molecule has 0 bridgehead atoms. The number of ketones is 1. The number of ether oxygens (including phenoxy) is 1. The molecule has 2 aromatic rings. The van der Waals surface area contributed by atoms with Crippen molar-refractivity contribution in [3.05, 3.63) is 65.0 Å². The third-order valence-corrected chi connectivity index (χ3v) is 3.01. The molecule has 116 valence electrons. The van der Waals surface area contributed by atoms with Gasteiger partial charge in [-0.2, -0.15) is 13.2 Å². The second-order valence-electron chi connectivity index (χ2n) is 4.63. The van der Waals surface area contributed by atoms with E-state index in [2.05, 4.69) is 0 Å². The maximum atomic E-state index is 14.1. The number of hydrogen-bond acceptors (Lipinski definition) is 2. The van der Waals surface area contributed by atoms with Gasteiger partial charge in [-0.25, -0.2) is 4.39 Å². The summed E-state index contributed by atoms with van der Waals surface area (Å²) in [5.74, 6) is -2.97. The standard InChI is InChI=1S/C16H12F4O2/c1-10(21)12-7-8-13(15(17)14(12)16(18,19)20)22-9-11-5-3-2-4-6-11/h2-8H,9H2,1H3. The van der Waals surface area contributed by atoms with Crippen LogP contribution >= 0.6 is 0 Å². The highest BCUT2D eigenvalue weighted by Gasteiger charge is 2.39. The third-order valence-electron chi connectivity index (χ3n) is 3.01. The van der Waals surface area contributed by atoms with Gasteiger partial charge in [0.1, 0.15) is 12.2 Å². The fourth-order valence-corrected chi connectivity index (χ4v) is 1.97. The van der Waals surface area contributed by atoms with Crippen molar-refractivity contribution in [1.29, 1.82) is 0 Å². The Morgan fingerprint density at radius 2 is 1.73 bits per heavy atom. The van der Waals surface area contributed by atoms with Gasteiger partial charge in [0.2, 0.25) is 0 Å². The Morgan fingerprint density at radius 1 is 1.09 bits per heavy atom. The first kappa shape index (κ1) is 16.0. The van der Waals surface area contributed by atoms with E-state index in [4.69, 9.17) is 4.74 Å². The Bertz CT molecular complexity index is 679. The topological polar surface area (TPSA) is 26.3 Å². The number of carbonyl (C=O) groups is 1. The van der Waals surface area contributed by atoms with Crippen molar-refractivity contribution in [2.45, 2.75) is 19.7 Å². The third kappa shape index (κ3) is 3.44. The van der Waals surface area contributed by atoms with Gasteiger partial charge in [0.25, 0.3) is 0 Å². The average molecular weight is 312 g/mol. The van der Waals surface area contributed by atoms with Crippen LogP contribution in [0.5, 0.6) is 5.75 Å². The smallest absolute Gasteiger partial charge is 0.420 e. The maximum Gasteiger partial charge on any atom is 0.420 e. The molecule has 0 radical (unpaired) electrons. The molecule has 2 nitrogen and oxygen atoms in total. The number of halogens is 4. The second-order valence-corrected chi connectivity index (χ2v) is 4.63. The highest BCUT2D eigenvalue weighted by molar-refractivity contribution is 5.96. The summed E-state index contributed by atoms with van der Waals surface area (Å²) in [5, 5.41) is 0. The molecule has 6 heteroatoms. The Morgan fingerprint density at radius 3 is 2.27 bits per heavy atom. The van der Waals surface area contributed by atoms with E-state index < -0.39 is 34.7 Å². The van der Waals surface area contributed by atoms with Crippen molar-refractivity contribution in [2.24, 2.45) is 0 Å². The molecule has 0 amide bonds. The van der Waals surface area contributed by atoms with E-state index in [0.717, 1.165) is 19.1 Å². The summed E-state index contributed by atoms with van der Waals surface area (Å²) in [4.78, 5) is 11.2. The molecule has 0 heterocycles. The Labute approximate surface area is 124 Å². The number of alkyl halides is 3. The molecule has 0 aromatic heterocycles. The number of hydrogen-bond donors (Lipinski definition) is 0. The molecule has 0 aliphatic rings. The lowest BCUT2D eigenvalue weighted by Gasteiger charge is -2.15. The fourth-order valence-electron chi connectivity index (χ4n) is 1.97. The molecule has 0 saturated carbocycles. The summed E-state index contributed by atoms with van der Waals surface area (Å²) in [7, 11) is 0. The minimum absolute atomic E-state index is 0.0749. The highest BCUT2D eigenvalue weighted by atomic mass is 19.4. The number of Topliss-reactive ketones (excluding diaryl/α,β-unsaturated/α-hetero) is 1.